The van der Waals surface area contributed by atoms with Gasteiger partial charge in [-0.2, -0.15) is 0 Å². The number of nitrogens with zero attached hydrogens (tertiary/aromatic N) is 2. The van der Waals surface area contributed by atoms with E-state index in [0.29, 0.717) is 23.8 Å². The fraction of sp³-hybridized carbons (Fsp3) is 0.500. The molecule has 1 aromatic heterocycles. The van der Waals surface area contributed by atoms with Gasteiger partial charge in [-0.25, -0.2) is 17.7 Å². The van der Waals surface area contributed by atoms with Crippen molar-refractivity contribution in [3.05, 3.63) is 11.1 Å². The largest absolute Gasteiger partial charge is 0.481 e. The third-order valence-corrected chi connectivity index (χ3v) is 5.04. The summed E-state index contributed by atoms with van der Waals surface area (Å²) in [6, 6.07) is 0. The van der Waals surface area contributed by atoms with Crippen LogP contribution in [-0.4, -0.2) is 36.8 Å². The monoisotopic (exact) mass is 262 g/mol. The molecule has 0 atom stereocenters. The van der Waals surface area contributed by atoms with Crippen molar-refractivity contribution in [1.29, 1.82) is 0 Å². The van der Waals surface area contributed by atoms with Gasteiger partial charge in [-0.1, -0.05) is 0 Å². The molecule has 2 rings (SSSR count). The van der Waals surface area contributed by atoms with Gasteiger partial charge in [0.15, 0.2) is 5.13 Å². The Labute approximate surface area is 96.6 Å². The Kier molecular flexibility index (Phi) is 2.85. The molecule has 2 heterocycles. The van der Waals surface area contributed by atoms with Crippen LogP contribution in [0.3, 0.4) is 0 Å². The molecule has 8 heteroatoms. The molecular weight excluding hydrogens is 252 g/mol. The Morgan fingerprint density at radius 3 is 2.94 bits per heavy atom. The second kappa shape index (κ2) is 4.02. The second-order valence-electron chi connectivity index (χ2n) is 3.43. The molecule has 0 aliphatic carbocycles. The molecule has 1 aliphatic rings. The molecule has 0 bridgehead atoms. The van der Waals surface area contributed by atoms with Crippen LogP contribution >= 0.6 is 11.3 Å². The lowest BCUT2D eigenvalue weighted by molar-refractivity contribution is -0.136. The van der Waals surface area contributed by atoms with Gasteiger partial charge in [0, 0.05) is 11.9 Å². The summed E-state index contributed by atoms with van der Waals surface area (Å²) < 4.78 is 24.4. The van der Waals surface area contributed by atoms with Crippen LogP contribution < -0.4 is 4.31 Å². The lowest BCUT2D eigenvalue weighted by Crippen LogP contribution is -2.24. The predicted octanol–water partition coefficient (Wildman–Crippen LogP) is 0.310. The Morgan fingerprint density at radius 2 is 2.38 bits per heavy atom. The van der Waals surface area contributed by atoms with Gasteiger partial charge in [0.05, 0.1) is 17.9 Å². The van der Waals surface area contributed by atoms with E-state index in [1.807, 2.05) is 0 Å². The van der Waals surface area contributed by atoms with Crippen molar-refractivity contribution >= 4 is 32.5 Å². The number of rotatable bonds is 3. The van der Waals surface area contributed by atoms with Gasteiger partial charge in [0.25, 0.3) is 0 Å². The van der Waals surface area contributed by atoms with E-state index in [4.69, 9.17) is 5.11 Å². The molecule has 1 aromatic rings. The first-order chi connectivity index (χ1) is 7.49. The summed E-state index contributed by atoms with van der Waals surface area (Å²) in [5.74, 6) is -0.831. The number of carboxylic acid groups (broad SMARTS) is 1. The fourth-order valence-electron chi connectivity index (χ4n) is 1.50. The zero-order valence-electron chi connectivity index (χ0n) is 8.29. The first-order valence-electron chi connectivity index (χ1n) is 4.65. The summed E-state index contributed by atoms with van der Waals surface area (Å²) in [7, 11) is -3.22. The number of anilines is 1. The number of hydrogen-bond acceptors (Lipinski definition) is 5. The van der Waals surface area contributed by atoms with Gasteiger partial charge >= 0.3 is 5.97 Å². The smallest absolute Gasteiger partial charge is 0.309 e. The van der Waals surface area contributed by atoms with Crippen molar-refractivity contribution < 1.29 is 18.3 Å². The summed E-state index contributed by atoms with van der Waals surface area (Å²) in [5, 5.41) is 10.5. The molecule has 0 aromatic carbocycles. The third-order valence-electron chi connectivity index (χ3n) is 2.18. The van der Waals surface area contributed by atoms with Crippen molar-refractivity contribution in [3.63, 3.8) is 0 Å². The summed E-state index contributed by atoms with van der Waals surface area (Å²) >= 11 is 1.16. The molecule has 6 nitrogen and oxygen atoms in total. The number of sulfonamides is 1. The number of aliphatic carboxylic acids is 1. The van der Waals surface area contributed by atoms with Crippen LogP contribution in [0.2, 0.25) is 0 Å². The molecular formula is C8H10N2O4S2. The van der Waals surface area contributed by atoms with Crippen LogP contribution in [0, 0.1) is 0 Å². The molecule has 0 spiro atoms. The third kappa shape index (κ3) is 2.17. The fourth-order valence-corrected chi connectivity index (χ4v) is 4.13. The van der Waals surface area contributed by atoms with Gasteiger partial charge in [0.1, 0.15) is 0 Å². The lowest BCUT2D eigenvalue weighted by Gasteiger charge is -2.11. The zero-order valence-corrected chi connectivity index (χ0v) is 9.92. The van der Waals surface area contributed by atoms with Gasteiger partial charge in [-0.3, -0.25) is 4.79 Å². The first-order valence-corrected chi connectivity index (χ1v) is 7.14. The van der Waals surface area contributed by atoms with Gasteiger partial charge in [0.2, 0.25) is 10.0 Å². The van der Waals surface area contributed by atoms with E-state index in [1.54, 1.807) is 5.38 Å². The maximum absolute atomic E-state index is 11.6. The van der Waals surface area contributed by atoms with Crippen LogP contribution in [-0.2, 0) is 21.2 Å². The van der Waals surface area contributed by atoms with Crippen molar-refractivity contribution in [1.82, 2.24) is 4.98 Å². The van der Waals surface area contributed by atoms with E-state index >= 15 is 0 Å². The molecule has 0 saturated carbocycles. The lowest BCUT2D eigenvalue weighted by atomic mass is 10.3. The average Bonchev–Trinajstić information content (AvgIpc) is 2.70. The number of carboxylic acids is 1. The van der Waals surface area contributed by atoms with Crippen LogP contribution in [0.15, 0.2) is 5.38 Å². The highest BCUT2D eigenvalue weighted by Gasteiger charge is 2.30. The van der Waals surface area contributed by atoms with Gasteiger partial charge < -0.3 is 5.11 Å². The van der Waals surface area contributed by atoms with Crippen molar-refractivity contribution in [2.24, 2.45) is 0 Å². The first kappa shape index (κ1) is 11.3. The van der Waals surface area contributed by atoms with E-state index in [0.717, 1.165) is 11.3 Å². The zero-order chi connectivity index (χ0) is 11.8. The minimum Gasteiger partial charge on any atom is -0.481 e. The molecule has 1 saturated heterocycles. The highest BCUT2D eigenvalue weighted by molar-refractivity contribution is 7.93. The maximum atomic E-state index is 11.6. The standard InChI is InChI=1S/C8H10N2O4S2/c11-7(12)4-6-5-15-8(9-6)10-2-1-3-16(10,13)14/h5H,1-4H2,(H,11,12). The molecule has 16 heavy (non-hydrogen) atoms. The number of hydrogen-bond donors (Lipinski definition) is 1. The van der Waals surface area contributed by atoms with Crippen LogP contribution in [0.1, 0.15) is 12.1 Å². The van der Waals surface area contributed by atoms with Crippen LogP contribution in [0.25, 0.3) is 0 Å². The Balaban J connectivity index is 2.22. The maximum Gasteiger partial charge on any atom is 0.309 e. The van der Waals surface area contributed by atoms with Crippen molar-refractivity contribution in [3.8, 4) is 0 Å². The number of thiazole rings is 1. The Morgan fingerprint density at radius 1 is 1.62 bits per heavy atom. The van der Waals surface area contributed by atoms with Gasteiger partial charge in [-0.05, 0) is 6.42 Å². The molecule has 0 unspecified atom stereocenters. The van der Waals surface area contributed by atoms with Crippen molar-refractivity contribution in [2.45, 2.75) is 12.8 Å². The van der Waals surface area contributed by atoms with E-state index in [9.17, 15) is 13.2 Å². The predicted molar refractivity (Wildman–Crippen MR) is 59.2 cm³/mol. The van der Waals surface area contributed by atoms with E-state index < -0.39 is 16.0 Å². The van der Waals surface area contributed by atoms with E-state index in [1.165, 1.54) is 4.31 Å². The second-order valence-corrected chi connectivity index (χ2v) is 6.28. The molecule has 1 fully saturated rings. The van der Waals surface area contributed by atoms with Crippen LogP contribution in [0.5, 0.6) is 0 Å². The molecule has 1 N–H and O–H groups in total. The normalized spacial score (nSPS) is 18.9. The number of aromatic nitrogens is 1. The molecule has 0 radical (unpaired) electrons. The Bertz CT molecular complexity index is 508. The van der Waals surface area contributed by atoms with Crippen LogP contribution in [0.4, 0.5) is 5.13 Å². The molecule has 1 aliphatic heterocycles. The average molecular weight is 262 g/mol. The summed E-state index contributed by atoms with van der Waals surface area (Å²) in [4.78, 5) is 14.5. The topological polar surface area (TPSA) is 87.6 Å². The van der Waals surface area contributed by atoms with E-state index in [-0.39, 0.29) is 12.2 Å². The quantitative estimate of drug-likeness (QED) is 0.847. The summed E-state index contributed by atoms with van der Waals surface area (Å²) in [5.41, 5.74) is 0.398. The minimum absolute atomic E-state index is 0.140. The molecule has 88 valence electrons. The summed E-state index contributed by atoms with van der Waals surface area (Å²) in [6.45, 7) is 0.433. The highest BCUT2D eigenvalue weighted by Crippen LogP contribution is 2.27. The minimum atomic E-state index is -3.22. The Hall–Kier alpha value is -1.15. The number of carbonyl (C=O) groups is 1. The van der Waals surface area contributed by atoms with Crippen molar-refractivity contribution in [2.75, 3.05) is 16.6 Å². The molecule has 0 amide bonds. The summed E-state index contributed by atoms with van der Waals surface area (Å²) in [6.07, 6.45) is 0.417. The van der Waals surface area contributed by atoms with E-state index in [2.05, 4.69) is 4.98 Å². The highest BCUT2D eigenvalue weighted by atomic mass is 32.2. The van der Waals surface area contributed by atoms with Gasteiger partial charge in [-0.15, -0.1) is 11.3 Å². The SMILES string of the molecule is O=C(O)Cc1csc(N2CCCS2(=O)=O)n1.